The van der Waals surface area contributed by atoms with Crippen LogP contribution in [0.3, 0.4) is 0 Å². The zero-order valence-corrected chi connectivity index (χ0v) is 21.8. The van der Waals surface area contributed by atoms with Crippen LogP contribution in [0.15, 0.2) is 82.6 Å². The van der Waals surface area contributed by atoms with Crippen molar-refractivity contribution in [3.05, 3.63) is 88.8 Å². The number of nitrogens with zero attached hydrogens (tertiary/aromatic N) is 4. The molecular formula is C26H20FN5O2S3. The van der Waals surface area contributed by atoms with Crippen molar-refractivity contribution in [2.75, 3.05) is 11.1 Å². The van der Waals surface area contributed by atoms with Gasteiger partial charge in [0.15, 0.2) is 11.0 Å². The highest BCUT2D eigenvalue weighted by Gasteiger charge is 2.18. The lowest BCUT2D eigenvalue weighted by molar-refractivity contribution is -0.115. The highest BCUT2D eigenvalue weighted by molar-refractivity contribution is 7.99. The first-order chi connectivity index (χ1) is 18.0. The average molecular weight is 550 g/mol. The number of hydrogen-bond acceptors (Lipinski definition) is 8. The van der Waals surface area contributed by atoms with Crippen LogP contribution in [0.25, 0.3) is 32.7 Å². The number of rotatable bonds is 9. The molecule has 0 aliphatic rings. The van der Waals surface area contributed by atoms with E-state index in [9.17, 15) is 14.0 Å². The molecule has 0 saturated heterocycles. The number of carbonyl (C=O) groups is 1. The van der Waals surface area contributed by atoms with Gasteiger partial charge in [-0.3, -0.25) is 14.2 Å². The van der Waals surface area contributed by atoms with Crippen molar-refractivity contribution in [1.82, 2.24) is 18.9 Å². The van der Waals surface area contributed by atoms with Crippen molar-refractivity contribution in [3.63, 3.8) is 0 Å². The minimum absolute atomic E-state index is 0.195. The van der Waals surface area contributed by atoms with Crippen LogP contribution in [0.4, 0.5) is 9.52 Å². The van der Waals surface area contributed by atoms with Crippen molar-refractivity contribution in [1.29, 1.82) is 0 Å². The Morgan fingerprint density at radius 2 is 1.89 bits per heavy atom. The van der Waals surface area contributed by atoms with E-state index in [0.717, 1.165) is 28.2 Å². The fourth-order valence-electron chi connectivity index (χ4n) is 3.64. The second-order valence-electron chi connectivity index (χ2n) is 7.87. The third kappa shape index (κ3) is 5.53. The fourth-order valence-corrected chi connectivity index (χ4v) is 6.18. The second kappa shape index (κ2) is 11.2. The van der Waals surface area contributed by atoms with Crippen molar-refractivity contribution in [2.45, 2.75) is 18.1 Å². The molecule has 0 unspecified atom stereocenters. The van der Waals surface area contributed by atoms with Gasteiger partial charge in [-0.05, 0) is 17.7 Å². The van der Waals surface area contributed by atoms with E-state index in [2.05, 4.69) is 21.3 Å². The molecule has 0 spiro atoms. The fraction of sp³-hybridized carbons (Fsp3) is 0.115. The molecule has 1 N–H and O–H groups in total. The predicted octanol–water partition coefficient (Wildman–Crippen LogP) is 6.09. The van der Waals surface area contributed by atoms with Crippen molar-refractivity contribution in [3.8, 4) is 22.5 Å². The normalized spacial score (nSPS) is 11.1. The molecular weight excluding hydrogens is 530 g/mol. The van der Waals surface area contributed by atoms with Gasteiger partial charge in [-0.1, -0.05) is 60.3 Å². The van der Waals surface area contributed by atoms with Gasteiger partial charge in [0.05, 0.1) is 5.39 Å². The summed E-state index contributed by atoms with van der Waals surface area (Å²) >= 11 is 3.82. The third-order valence-corrected chi connectivity index (χ3v) is 7.87. The topological polar surface area (TPSA) is 89.8 Å². The van der Waals surface area contributed by atoms with Crippen LogP contribution >= 0.6 is 34.6 Å². The van der Waals surface area contributed by atoms with Gasteiger partial charge in [0.2, 0.25) is 11.0 Å². The largest absolute Gasteiger partial charge is 0.301 e. The molecule has 186 valence electrons. The first-order valence-electron chi connectivity index (χ1n) is 11.2. The maximum absolute atomic E-state index is 13.4. The summed E-state index contributed by atoms with van der Waals surface area (Å²) in [5.41, 5.74) is 2.16. The Morgan fingerprint density at radius 1 is 1.11 bits per heavy atom. The van der Waals surface area contributed by atoms with Gasteiger partial charge in [-0.15, -0.1) is 17.9 Å². The number of carbonyl (C=O) groups excluding carboxylic acids is 1. The number of fused-ring (bicyclic) bond motifs is 1. The van der Waals surface area contributed by atoms with Crippen LogP contribution in [-0.2, 0) is 11.3 Å². The van der Waals surface area contributed by atoms with Crippen LogP contribution in [0.2, 0.25) is 0 Å². The molecule has 37 heavy (non-hydrogen) atoms. The number of anilines is 1. The molecule has 1 amide bonds. The van der Waals surface area contributed by atoms with E-state index in [1.165, 1.54) is 35.2 Å². The minimum Gasteiger partial charge on any atom is -0.301 e. The molecule has 3 heterocycles. The Bertz CT molecular complexity index is 1630. The van der Waals surface area contributed by atoms with Crippen molar-refractivity contribution >= 4 is 55.9 Å². The molecule has 0 aliphatic heterocycles. The lowest BCUT2D eigenvalue weighted by atomic mass is 10.1. The van der Waals surface area contributed by atoms with E-state index in [4.69, 9.17) is 4.98 Å². The van der Waals surface area contributed by atoms with Crippen LogP contribution < -0.4 is 10.9 Å². The maximum atomic E-state index is 13.4. The Balaban J connectivity index is 1.29. The summed E-state index contributed by atoms with van der Waals surface area (Å²) in [7, 11) is 0. The van der Waals surface area contributed by atoms with E-state index in [1.54, 1.807) is 22.8 Å². The molecule has 0 bridgehead atoms. The molecule has 0 radical (unpaired) electrons. The SMILES string of the molecule is C=CCn1c(SCCC(=O)Nc2nc(-c3ccccc3)ns2)nc2scc(-c3ccc(F)cc3)c2c1=O. The van der Waals surface area contributed by atoms with Crippen molar-refractivity contribution in [2.24, 2.45) is 0 Å². The van der Waals surface area contributed by atoms with Gasteiger partial charge in [-0.2, -0.15) is 9.36 Å². The first kappa shape index (κ1) is 25.0. The zero-order valence-electron chi connectivity index (χ0n) is 19.4. The van der Waals surface area contributed by atoms with Crippen LogP contribution in [0, 0.1) is 5.82 Å². The van der Waals surface area contributed by atoms with Gasteiger partial charge in [0.1, 0.15) is 10.6 Å². The lowest BCUT2D eigenvalue weighted by Gasteiger charge is -2.10. The second-order valence-corrected chi connectivity index (χ2v) is 10.5. The smallest absolute Gasteiger partial charge is 0.263 e. The number of allylic oxidation sites excluding steroid dienone is 1. The summed E-state index contributed by atoms with van der Waals surface area (Å²) in [5.74, 6) is 0.450. The summed E-state index contributed by atoms with van der Waals surface area (Å²) in [6.07, 6.45) is 1.84. The molecule has 0 saturated carbocycles. The van der Waals surface area contributed by atoms with E-state index in [-0.39, 0.29) is 30.2 Å². The third-order valence-electron chi connectivity index (χ3n) is 5.39. The van der Waals surface area contributed by atoms with Crippen LogP contribution in [-0.4, -0.2) is 30.6 Å². The molecule has 5 rings (SSSR count). The van der Waals surface area contributed by atoms with Gasteiger partial charge in [0.25, 0.3) is 5.56 Å². The van der Waals surface area contributed by atoms with E-state index < -0.39 is 0 Å². The molecule has 0 fully saturated rings. The summed E-state index contributed by atoms with van der Waals surface area (Å²) in [4.78, 5) is 35.6. The average Bonchev–Trinajstić information content (AvgIpc) is 3.55. The summed E-state index contributed by atoms with van der Waals surface area (Å²) in [6.45, 7) is 4.04. The Kier molecular flexibility index (Phi) is 7.54. The number of amides is 1. The molecule has 7 nitrogen and oxygen atoms in total. The van der Waals surface area contributed by atoms with Crippen LogP contribution in [0.5, 0.6) is 0 Å². The molecule has 11 heteroatoms. The molecule has 0 atom stereocenters. The molecule has 3 aromatic heterocycles. The Labute approximate surface area is 223 Å². The quantitative estimate of drug-likeness (QED) is 0.136. The number of benzene rings is 2. The zero-order chi connectivity index (χ0) is 25.8. The Hall–Kier alpha value is -3.67. The Morgan fingerprint density at radius 3 is 2.65 bits per heavy atom. The lowest BCUT2D eigenvalue weighted by Crippen LogP contribution is -2.23. The standard InChI is InChI=1S/C26H20FN5O2S3/c1-2-13-32-24(34)21-19(16-8-10-18(27)11-9-16)15-36-23(21)30-26(32)35-14-12-20(33)28-25-29-22(31-37-25)17-6-4-3-5-7-17/h2-11,15H,1,12-14H2,(H,28,29,31,33). The monoisotopic (exact) mass is 549 g/mol. The van der Waals surface area contributed by atoms with E-state index >= 15 is 0 Å². The maximum Gasteiger partial charge on any atom is 0.263 e. The molecule has 2 aromatic carbocycles. The van der Waals surface area contributed by atoms with Gasteiger partial charge in [-0.25, -0.2) is 9.37 Å². The van der Waals surface area contributed by atoms with Crippen LogP contribution in [0.1, 0.15) is 6.42 Å². The van der Waals surface area contributed by atoms with Crippen molar-refractivity contribution < 1.29 is 9.18 Å². The summed E-state index contributed by atoms with van der Waals surface area (Å²) < 4.78 is 19.2. The van der Waals surface area contributed by atoms with E-state index in [1.807, 2.05) is 35.7 Å². The number of halogens is 1. The summed E-state index contributed by atoms with van der Waals surface area (Å²) in [6, 6.07) is 15.6. The summed E-state index contributed by atoms with van der Waals surface area (Å²) in [5, 5.41) is 6.09. The number of aromatic nitrogens is 4. The molecule has 5 aromatic rings. The van der Waals surface area contributed by atoms with Gasteiger partial charge >= 0.3 is 0 Å². The van der Waals surface area contributed by atoms with Gasteiger partial charge < -0.3 is 5.32 Å². The molecule has 0 aliphatic carbocycles. The highest BCUT2D eigenvalue weighted by Crippen LogP contribution is 2.32. The number of thiophene rings is 1. The van der Waals surface area contributed by atoms with Gasteiger partial charge in [0, 0.05) is 46.8 Å². The number of thioether (sulfide) groups is 1. The first-order valence-corrected chi connectivity index (χ1v) is 13.9. The minimum atomic E-state index is -0.337. The number of hydrogen-bond donors (Lipinski definition) is 1. The number of nitrogens with one attached hydrogen (secondary N) is 1. The predicted molar refractivity (Wildman–Crippen MR) is 149 cm³/mol. The highest BCUT2D eigenvalue weighted by atomic mass is 32.2. The van der Waals surface area contributed by atoms with E-state index in [0.29, 0.717) is 32.1 Å².